The molecule has 19 heavy (non-hydrogen) atoms. The summed E-state index contributed by atoms with van der Waals surface area (Å²) in [6.07, 6.45) is 5.08. The van der Waals surface area contributed by atoms with Gasteiger partial charge in [-0.3, -0.25) is 0 Å². The molecule has 3 atom stereocenters. The van der Waals surface area contributed by atoms with Crippen LogP contribution < -0.4 is 0 Å². The molecule has 0 amide bonds. The third-order valence-corrected chi connectivity index (χ3v) is 5.73. The monoisotopic (exact) mass is 274 g/mol. The highest BCUT2D eigenvalue weighted by Crippen LogP contribution is 2.44. The van der Waals surface area contributed by atoms with Gasteiger partial charge >= 0.3 is 0 Å². The number of hydrogen-bond acceptors (Lipinski definition) is 3. The molecule has 2 aliphatic rings. The topological polar surface area (TPSA) is 27.8 Å². The Kier molecular flexibility index (Phi) is 3.42. The van der Waals surface area contributed by atoms with E-state index >= 15 is 0 Å². The molecule has 0 aromatic heterocycles. The van der Waals surface area contributed by atoms with Crippen molar-refractivity contribution < 1.29 is 5.11 Å². The van der Waals surface area contributed by atoms with E-state index in [1.54, 1.807) is 12.1 Å². The van der Waals surface area contributed by atoms with Crippen LogP contribution in [0.25, 0.3) is 4.85 Å². The van der Waals surface area contributed by atoms with Gasteiger partial charge in [-0.15, -0.1) is 11.8 Å². The van der Waals surface area contributed by atoms with Gasteiger partial charge in [0.1, 0.15) is 5.75 Å². The third-order valence-electron chi connectivity index (χ3n) is 4.41. The van der Waals surface area contributed by atoms with Crippen molar-refractivity contribution in [1.29, 1.82) is 0 Å². The summed E-state index contributed by atoms with van der Waals surface area (Å²) >= 11 is 1.82. The van der Waals surface area contributed by atoms with Crippen molar-refractivity contribution in [2.75, 3.05) is 7.05 Å². The number of hydrogen-bond donors (Lipinski definition) is 1. The van der Waals surface area contributed by atoms with Crippen molar-refractivity contribution in [1.82, 2.24) is 4.90 Å². The van der Waals surface area contributed by atoms with E-state index in [0.717, 1.165) is 17.0 Å². The first kappa shape index (κ1) is 12.8. The Balaban J connectivity index is 1.75. The molecule has 1 aromatic rings. The van der Waals surface area contributed by atoms with Gasteiger partial charge in [-0.05, 0) is 44.9 Å². The van der Waals surface area contributed by atoms with Crippen LogP contribution in [0.5, 0.6) is 5.75 Å². The Labute approximate surface area is 118 Å². The molecular weight excluding hydrogens is 256 g/mol. The summed E-state index contributed by atoms with van der Waals surface area (Å²) in [5.41, 5.74) is 0.580. The predicted molar refractivity (Wildman–Crippen MR) is 77.8 cm³/mol. The molecule has 2 fully saturated rings. The van der Waals surface area contributed by atoms with Crippen molar-refractivity contribution in [3.05, 3.63) is 29.6 Å². The van der Waals surface area contributed by atoms with Crippen LogP contribution in [-0.2, 0) is 0 Å². The minimum Gasteiger partial charge on any atom is -0.509 e. The van der Waals surface area contributed by atoms with Crippen molar-refractivity contribution in [3.8, 4) is 5.75 Å². The van der Waals surface area contributed by atoms with E-state index in [-0.39, 0.29) is 5.75 Å². The van der Waals surface area contributed by atoms with Gasteiger partial charge in [0.15, 0.2) is 0 Å². The van der Waals surface area contributed by atoms with Gasteiger partial charge in [0.05, 0.1) is 6.57 Å². The van der Waals surface area contributed by atoms with Gasteiger partial charge in [0, 0.05) is 22.2 Å². The first-order valence-electron chi connectivity index (χ1n) is 6.76. The fraction of sp³-hybridized carbons (Fsp3) is 0.533. The molecule has 2 saturated heterocycles. The Bertz CT molecular complexity index is 511. The van der Waals surface area contributed by atoms with E-state index in [1.165, 1.54) is 25.7 Å². The molecule has 2 heterocycles. The van der Waals surface area contributed by atoms with Crippen LogP contribution in [0.15, 0.2) is 23.1 Å². The molecule has 3 nitrogen and oxygen atoms in total. The van der Waals surface area contributed by atoms with Crippen molar-refractivity contribution in [2.45, 2.75) is 47.9 Å². The number of benzene rings is 1. The Morgan fingerprint density at radius 3 is 2.63 bits per heavy atom. The average molecular weight is 274 g/mol. The first-order chi connectivity index (χ1) is 9.17. The second kappa shape index (κ2) is 5.07. The van der Waals surface area contributed by atoms with Gasteiger partial charge in [-0.25, -0.2) is 4.85 Å². The van der Waals surface area contributed by atoms with Gasteiger partial charge < -0.3 is 10.0 Å². The molecule has 1 unspecified atom stereocenters. The summed E-state index contributed by atoms with van der Waals surface area (Å²) in [4.78, 5) is 7.07. The number of fused-ring (bicyclic) bond motifs is 2. The third kappa shape index (κ3) is 2.45. The lowest BCUT2D eigenvalue weighted by atomic mass is 10.0. The van der Waals surface area contributed by atoms with Crippen LogP contribution in [-0.4, -0.2) is 34.4 Å². The molecule has 2 bridgehead atoms. The van der Waals surface area contributed by atoms with Crippen LogP contribution in [0.2, 0.25) is 0 Å². The Hall–Kier alpha value is -1.18. The number of rotatable bonds is 2. The molecule has 100 valence electrons. The molecule has 0 radical (unpaired) electrons. The summed E-state index contributed by atoms with van der Waals surface area (Å²) in [5.74, 6) is 0.179. The van der Waals surface area contributed by atoms with E-state index in [0.29, 0.717) is 10.9 Å². The fourth-order valence-electron chi connectivity index (χ4n) is 3.33. The number of phenolic OH excluding ortho intramolecular Hbond substituents is 1. The van der Waals surface area contributed by atoms with Gasteiger partial charge in [0.25, 0.3) is 0 Å². The zero-order valence-corrected chi connectivity index (χ0v) is 11.9. The van der Waals surface area contributed by atoms with Gasteiger partial charge in [-0.2, -0.15) is 0 Å². The number of piperidine rings is 1. The lowest BCUT2D eigenvalue weighted by Crippen LogP contribution is -2.40. The molecule has 1 aromatic carbocycles. The Morgan fingerprint density at radius 1 is 1.32 bits per heavy atom. The summed E-state index contributed by atoms with van der Waals surface area (Å²) in [7, 11) is 2.24. The highest BCUT2D eigenvalue weighted by molar-refractivity contribution is 8.00. The molecule has 2 aliphatic heterocycles. The normalized spacial score (nSPS) is 30.2. The maximum Gasteiger partial charge on any atom is 0.204 e. The Morgan fingerprint density at radius 2 is 2.00 bits per heavy atom. The minimum absolute atomic E-state index is 0.179. The highest BCUT2D eigenvalue weighted by Gasteiger charge is 2.38. The summed E-state index contributed by atoms with van der Waals surface area (Å²) < 4.78 is 0. The zero-order chi connectivity index (χ0) is 13.4. The van der Waals surface area contributed by atoms with Crippen LogP contribution in [0, 0.1) is 6.57 Å². The van der Waals surface area contributed by atoms with E-state index in [4.69, 9.17) is 6.57 Å². The van der Waals surface area contributed by atoms with Gasteiger partial charge in [-0.1, -0.05) is 6.07 Å². The lowest BCUT2D eigenvalue weighted by molar-refractivity contribution is 0.183. The van der Waals surface area contributed by atoms with Crippen LogP contribution in [0.3, 0.4) is 0 Å². The smallest absolute Gasteiger partial charge is 0.204 e. The van der Waals surface area contributed by atoms with Gasteiger partial charge in [0.2, 0.25) is 5.69 Å². The molecule has 0 aliphatic carbocycles. The largest absolute Gasteiger partial charge is 0.509 e. The number of nitrogens with zero attached hydrogens (tertiary/aromatic N) is 2. The van der Waals surface area contributed by atoms with Crippen LogP contribution in [0.1, 0.15) is 25.7 Å². The molecule has 3 rings (SSSR count). The SMILES string of the molecule is [C-]#[N+]c1cc(O)ccc1SC1C[C@H]2CC[C@@H](C1)N2C. The highest BCUT2D eigenvalue weighted by atomic mass is 32.2. The van der Waals surface area contributed by atoms with Crippen molar-refractivity contribution in [2.24, 2.45) is 0 Å². The van der Waals surface area contributed by atoms with Crippen molar-refractivity contribution >= 4 is 17.4 Å². The maximum absolute atomic E-state index is 9.44. The molecule has 4 heteroatoms. The van der Waals surface area contributed by atoms with Crippen LogP contribution in [0.4, 0.5) is 5.69 Å². The molecule has 0 saturated carbocycles. The second-order valence-electron chi connectivity index (χ2n) is 5.53. The van der Waals surface area contributed by atoms with Crippen LogP contribution >= 0.6 is 11.8 Å². The van der Waals surface area contributed by atoms with E-state index in [2.05, 4.69) is 16.8 Å². The lowest BCUT2D eigenvalue weighted by Gasteiger charge is -2.36. The summed E-state index contributed by atoms with van der Waals surface area (Å²) in [6.45, 7) is 7.21. The fourth-order valence-corrected chi connectivity index (χ4v) is 4.70. The van der Waals surface area contributed by atoms with Crippen molar-refractivity contribution in [3.63, 3.8) is 0 Å². The summed E-state index contributed by atoms with van der Waals surface area (Å²) in [5, 5.41) is 10.1. The number of aromatic hydroxyl groups is 1. The minimum atomic E-state index is 0.179. The quantitative estimate of drug-likeness (QED) is 0.834. The molecule has 1 N–H and O–H groups in total. The maximum atomic E-state index is 9.44. The first-order valence-corrected chi connectivity index (χ1v) is 7.64. The average Bonchev–Trinajstić information content (AvgIpc) is 2.64. The van der Waals surface area contributed by atoms with E-state index in [9.17, 15) is 5.11 Å². The molecular formula is C15H18N2OS. The second-order valence-corrected chi connectivity index (χ2v) is 6.87. The van der Waals surface area contributed by atoms with E-state index < -0.39 is 0 Å². The summed E-state index contributed by atoms with van der Waals surface area (Å²) in [6, 6.07) is 6.59. The zero-order valence-electron chi connectivity index (χ0n) is 11.0. The number of phenols is 1. The molecule has 0 spiro atoms. The van der Waals surface area contributed by atoms with E-state index in [1.807, 2.05) is 17.8 Å². The standard InChI is InChI=1S/C15H18N2OS/c1-16-14-9-12(18)5-6-15(14)19-13-7-10-3-4-11(8-13)17(10)2/h5-6,9-11,13,18H,3-4,7-8H2,2H3/t10-,11+,13?. The predicted octanol–water partition coefficient (Wildman–Crippen LogP) is 3.66. The number of thioether (sulfide) groups is 1.